The van der Waals surface area contributed by atoms with E-state index in [4.69, 9.17) is 9.47 Å². The zero-order valence-corrected chi connectivity index (χ0v) is 15.7. The maximum Gasteiger partial charge on any atom is 0.340 e. The second kappa shape index (κ2) is 7.57. The Bertz CT molecular complexity index is 992. The molecule has 0 radical (unpaired) electrons. The Morgan fingerprint density at radius 2 is 1.89 bits per heavy atom. The normalized spacial score (nSPS) is 12.0. The van der Waals surface area contributed by atoms with Gasteiger partial charge in [0.05, 0.1) is 17.9 Å². The number of carbonyl (C=O) groups excluding carboxylic acids is 2. The first-order valence-electron chi connectivity index (χ1n) is 8.68. The lowest BCUT2D eigenvalue weighted by molar-refractivity contribution is 0.0318. The third kappa shape index (κ3) is 3.81. The van der Waals surface area contributed by atoms with Gasteiger partial charge in [0.15, 0.2) is 11.8 Å². The summed E-state index contributed by atoms with van der Waals surface area (Å²) in [5.41, 5.74) is 2.19. The highest BCUT2D eigenvalue weighted by atomic mass is 16.5. The maximum absolute atomic E-state index is 12.5. The molecule has 140 valence electrons. The first-order valence-corrected chi connectivity index (χ1v) is 8.68. The monoisotopic (exact) mass is 367 g/mol. The molecule has 0 aliphatic heterocycles. The Labute approximate surface area is 156 Å². The van der Waals surface area contributed by atoms with E-state index in [0.29, 0.717) is 23.6 Å². The number of carbonyl (C=O) groups is 2. The molecule has 0 unspecified atom stereocenters. The van der Waals surface area contributed by atoms with Crippen molar-refractivity contribution in [3.63, 3.8) is 0 Å². The predicted molar refractivity (Wildman–Crippen MR) is 100 cm³/mol. The lowest BCUT2D eigenvalue weighted by atomic mass is 10.1. The van der Waals surface area contributed by atoms with Gasteiger partial charge >= 0.3 is 5.97 Å². The van der Waals surface area contributed by atoms with Crippen LogP contribution in [-0.2, 0) is 11.8 Å². The summed E-state index contributed by atoms with van der Waals surface area (Å²) in [6.07, 6.45) is 0.515. The van der Waals surface area contributed by atoms with E-state index in [0.717, 1.165) is 11.1 Å². The molecule has 3 aromatic rings. The van der Waals surface area contributed by atoms with Crippen LogP contribution < -0.4 is 4.74 Å². The predicted octanol–water partition coefficient (Wildman–Crippen LogP) is 3.10. The van der Waals surface area contributed by atoms with Crippen LogP contribution in [0.5, 0.6) is 5.75 Å². The molecule has 2 heterocycles. The smallest absolute Gasteiger partial charge is 0.340 e. The van der Waals surface area contributed by atoms with E-state index in [1.807, 2.05) is 13.8 Å². The van der Waals surface area contributed by atoms with E-state index in [1.165, 1.54) is 6.20 Å². The minimum Gasteiger partial charge on any atom is -0.494 e. The van der Waals surface area contributed by atoms with Gasteiger partial charge in [0.1, 0.15) is 5.75 Å². The van der Waals surface area contributed by atoms with E-state index in [2.05, 4.69) is 10.1 Å². The van der Waals surface area contributed by atoms with Crippen LogP contribution >= 0.6 is 0 Å². The average molecular weight is 367 g/mol. The molecule has 0 amide bonds. The van der Waals surface area contributed by atoms with Gasteiger partial charge in [0, 0.05) is 24.2 Å². The maximum atomic E-state index is 12.5. The summed E-state index contributed by atoms with van der Waals surface area (Å²) in [6.45, 7) is 5.84. The number of fused-ring (bicyclic) bond motifs is 1. The number of ether oxygens (including phenoxy) is 2. The standard InChI is InChI=1S/C20H21N3O4/c1-5-26-16-8-6-14(7-9-16)18(24)13(3)27-20(25)15-10-17-12(2)22-23(4)19(17)21-11-15/h6-11,13H,5H2,1-4H3/t13-/m0/s1. The van der Waals surface area contributed by atoms with Gasteiger partial charge in [0.25, 0.3) is 0 Å². The van der Waals surface area contributed by atoms with Crippen molar-refractivity contribution in [3.05, 3.63) is 53.3 Å². The third-order valence-corrected chi connectivity index (χ3v) is 4.20. The fraction of sp³-hybridized carbons (Fsp3) is 0.300. The van der Waals surface area contributed by atoms with Gasteiger partial charge in [-0.2, -0.15) is 5.10 Å². The SMILES string of the molecule is CCOc1ccc(C(=O)[C@H](C)OC(=O)c2cnc3c(c2)c(C)nn3C)cc1. The first kappa shape index (κ1) is 18.6. The summed E-state index contributed by atoms with van der Waals surface area (Å²) in [6, 6.07) is 8.43. The highest BCUT2D eigenvalue weighted by Crippen LogP contribution is 2.18. The van der Waals surface area contributed by atoms with Crippen molar-refractivity contribution >= 4 is 22.8 Å². The van der Waals surface area contributed by atoms with Crippen molar-refractivity contribution in [2.75, 3.05) is 6.61 Å². The van der Waals surface area contributed by atoms with Gasteiger partial charge in [0.2, 0.25) is 5.78 Å². The van der Waals surface area contributed by atoms with Crippen LogP contribution in [0.1, 0.15) is 40.3 Å². The average Bonchev–Trinajstić information content (AvgIpc) is 2.95. The number of rotatable bonds is 6. The number of benzene rings is 1. The Hall–Kier alpha value is -3.22. The van der Waals surface area contributed by atoms with Crippen molar-refractivity contribution in [2.24, 2.45) is 7.05 Å². The molecule has 1 atom stereocenters. The minimum atomic E-state index is -0.916. The van der Waals surface area contributed by atoms with Crippen LogP contribution in [-0.4, -0.2) is 39.2 Å². The van der Waals surface area contributed by atoms with Crippen molar-refractivity contribution in [1.82, 2.24) is 14.8 Å². The Morgan fingerprint density at radius 3 is 2.56 bits per heavy atom. The van der Waals surface area contributed by atoms with Crippen molar-refractivity contribution in [3.8, 4) is 5.75 Å². The molecule has 7 heteroatoms. The van der Waals surface area contributed by atoms with Gasteiger partial charge in [-0.05, 0) is 51.1 Å². The number of pyridine rings is 1. The van der Waals surface area contributed by atoms with Gasteiger partial charge in [-0.15, -0.1) is 0 Å². The van der Waals surface area contributed by atoms with Crippen molar-refractivity contribution in [1.29, 1.82) is 0 Å². The lowest BCUT2D eigenvalue weighted by Crippen LogP contribution is -2.24. The first-order chi connectivity index (χ1) is 12.9. The van der Waals surface area contributed by atoms with Gasteiger partial charge in [-0.25, -0.2) is 9.78 Å². The third-order valence-electron chi connectivity index (χ3n) is 4.20. The molecule has 0 aliphatic rings. The molecule has 0 N–H and O–H groups in total. The number of hydrogen-bond acceptors (Lipinski definition) is 6. The van der Waals surface area contributed by atoms with Crippen molar-refractivity contribution < 1.29 is 19.1 Å². The van der Waals surface area contributed by atoms with Crippen LogP contribution in [0, 0.1) is 6.92 Å². The number of Topliss-reactive ketones (excluding diaryl/α,β-unsaturated/α-hetero) is 1. The van der Waals surface area contributed by atoms with Crippen LogP contribution in [0.3, 0.4) is 0 Å². The molecular formula is C20H21N3O4. The summed E-state index contributed by atoms with van der Waals surface area (Å²) in [5, 5.41) is 5.05. The Morgan fingerprint density at radius 1 is 1.19 bits per heavy atom. The zero-order chi connectivity index (χ0) is 19.6. The summed E-state index contributed by atoms with van der Waals surface area (Å²) >= 11 is 0. The van der Waals surface area contributed by atoms with Gasteiger partial charge < -0.3 is 9.47 Å². The van der Waals surface area contributed by atoms with Gasteiger partial charge in [-0.3, -0.25) is 9.48 Å². The number of nitrogens with zero attached hydrogens (tertiary/aromatic N) is 3. The summed E-state index contributed by atoms with van der Waals surface area (Å²) < 4.78 is 12.3. The van der Waals surface area contributed by atoms with Crippen LogP contribution in [0.15, 0.2) is 36.5 Å². The highest BCUT2D eigenvalue weighted by molar-refractivity contribution is 6.02. The molecule has 3 rings (SSSR count). The molecule has 7 nitrogen and oxygen atoms in total. The number of esters is 1. The number of hydrogen-bond donors (Lipinski definition) is 0. The lowest BCUT2D eigenvalue weighted by Gasteiger charge is -2.13. The Balaban J connectivity index is 1.73. The van der Waals surface area contributed by atoms with Crippen LogP contribution in [0.4, 0.5) is 0 Å². The molecule has 0 saturated heterocycles. The molecule has 1 aromatic carbocycles. The molecule has 0 spiro atoms. The molecule has 2 aromatic heterocycles. The second-order valence-electron chi connectivity index (χ2n) is 6.17. The zero-order valence-electron chi connectivity index (χ0n) is 15.7. The fourth-order valence-electron chi connectivity index (χ4n) is 2.82. The Kier molecular flexibility index (Phi) is 5.21. The molecule has 0 bridgehead atoms. The largest absolute Gasteiger partial charge is 0.494 e. The minimum absolute atomic E-state index is 0.280. The summed E-state index contributed by atoms with van der Waals surface area (Å²) in [5.74, 6) is -0.192. The van der Waals surface area contributed by atoms with E-state index in [-0.39, 0.29) is 11.3 Å². The topological polar surface area (TPSA) is 83.3 Å². The van der Waals surface area contributed by atoms with E-state index in [9.17, 15) is 9.59 Å². The highest BCUT2D eigenvalue weighted by Gasteiger charge is 2.21. The quantitative estimate of drug-likeness (QED) is 0.492. The molecular weight excluding hydrogens is 346 g/mol. The van der Waals surface area contributed by atoms with E-state index in [1.54, 1.807) is 49.0 Å². The number of ketones is 1. The fourth-order valence-corrected chi connectivity index (χ4v) is 2.82. The number of aryl methyl sites for hydroxylation is 2. The van der Waals surface area contributed by atoms with Gasteiger partial charge in [-0.1, -0.05) is 0 Å². The summed E-state index contributed by atoms with van der Waals surface area (Å²) in [7, 11) is 1.79. The van der Waals surface area contributed by atoms with Crippen LogP contribution in [0.25, 0.3) is 11.0 Å². The number of aromatic nitrogens is 3. The van der Waals surface area contributed by atoms with E-state index < -0.39 is 12.1 Å². The molecule has 0 saturated carbocycles. The second-order valence-corrected chi connectivity index (χ2v) is 6.17. The van der Waals surface area contributed by atoms with Crippen LogP contribution in [0.2, 0.25) is 0 Å². The molecule has 27 heavy (non-hydrogen) atoms. The molecule has 0 fully saturated rings. The van der Waals surface area contributed by atoms with Crippen molar-refractivity contribution in [2.45, 2.75) is 26.9 Å². The van der Waals surface area contributed by atoms with E-state index >= 15 is 0 Å². The molecule has 0 aliphatic carbocycles. The summed E-state index contributed by atoms with van der Waals surface area (Å²) in [4.78, 5) is 29.2.